The molecule has 0 radical (unpaired) electrons. The summed E-state index contributed by atoms with van der Waals surface area (Å²) >= 11 is 0. The van der Waals surface area contributed by atoms with Crippen LogP contribution in [0.1, 0.15) is 38.7 Å². The van der Waals surface area contributed by atoms with Crippen molar-refractivity contribution in [2.75, 3.05) is 0 Å². The zero-order chi connectivity index (χ0) is 14.4. The quantitative estimate of drug-likeness (QED) is 0.858. The molecular weight excluding hydrogens is 248 g/mol. The molecule has 1 N–H and O–H groups in total. The molecule has 0 unspecified atom stereocenters. The van der Waals surface area contributed by atoms with Gasteiger partial charge in [0.1, 0.15) is 0 Å². The van der Waals surface area contributed by atoms with Crippen molar-refractivity contribution in [3.63, 3.8) is 0 Å². The van der Waals surface area contributed by atoms with E-state index in [1.54, 1.807) is 12.4 Å². The van der Waals surface area contributed by atoms with Gasteiger partial charge in [0.15, 0.2) is 0 Å². The number of pyridine rings is 1. The largest absolute Gasteiger partial charge is 0.351 e. The van der Waals surface area contributed by atoms with Crippen molar-refractivity contribution in [1.29, 1.82) is 0 Å². The van der Waals surface area contributed by atoms with E-state index in [9.17, 15) is 4.79 Å². The molecule has 2 saturated carbocycles. The molecule has 2 bridgehead atoms. The lowest BCUT2D eigenvalue weighted by Crippen LogP contribution is -2.41. The molecule has 2 atom stereocenters. The molecule has 1 aromatic rings. The Hall–Kier alpha value is -1.64. The van der Waals surface area contributed by atoms with Crippen molar-refractivity contribution in [3.8, 4) is 0 Å². The van der Waals surface area contributed by atoms with Crippen LogP contribution in [0.25, 0.3) is 0 Å². The Bertz CT molecular complexity index is 549. The Balaban J connectivity index is 1.73. The molecule has 3 heteroatoms. The Morgan fingerprint density at radius 2 is 2.35 bits per heavy atom. The number of nitrogens with zero attached hydrogens (tertiary/aromatic N) is 1. The predicted octanol–water partition coefficient (Wildman–Crippen LogP) is 3.08. The third kappa shape index (κ3) is 1.80. The highest BCUT2D eigenvalue weighted by Crippen LogP contribution is 2.65. The monoisotopic (exact) mass is 270 g/mol. The Morgan fingerprint density at radius 1 is 1.55 bits per heavy atom. The highest BCUT2D eigenvalue weighted by atomic mass is 16.2. The van der Waals surface area contributed by atoms with E-state index in [4.69, 9.17) is 0 Å². The number of carbonyl (C=O) groups is 1. The third-order valence-electron chi connectivity index (χ3n) is 5.50. The van der Waals surface area contributed by atoms with Crippen LogP contribution >= 0.6 is 0 Å². The van der Waals surface area contributed by atoms with Gasteiger partial charge in [-0.1, -0.05) is 32.1 Å². The van der Waals surface area contributed by atoms with Gasteiger partial charge in [-0.2, -0.15) is 0 Å². The van der Waals surface area contributed by atoms with E-state index in [-0.39, 0.29) is 16.7 Å². The van der Waals surface area contributed by atoms with E-state index in [2.05, 4.69) is 30.7 Å². The molecular formula is C17H22N2O. The zero-order valence-electron chi connectivity index (χ0n) is 12.3. The first-order valence-corrected chi connectivity index (χ1v) is 7.34. The highest BCUT2D eigenvalue weighted by molar-refractivity contribution is 5.87. The first-order valence-electron chi connectivity index (χ1n) is 7.34. The summed E-state index contributed by atoms with van der Waals surface area (Å²) in [7, 11) is 0. The van der Waals surface area contributed by atoms with Crippen molar-refractivity contribution in [1.82, 2.24) is 10.3 Å². The zero-order valence-corrected chi connectivity index (χ0v) is 12.3. The van der Waals surface area contributed by atoms with Crippen LogP contribution in [0.5, 0.6) is 0 Å². The summed E-state index contributed by atoms with van der Waals surface area (Å²) in [5.74, 6) is 0.763. The average Bonchev–Trinajstić information content (AvgIpc) is 2.98. The minimum absolute atomic E-state index is 0.101. The minimum atomic E-state index is -0.323. The van der Waals surface area contributed by atoms with Crippen molar-refractivity contribution in [2.45, 2.75) is 39.7 Å². The molecule has 0 aromatic carbocycles. The Labute approximate surface area is 120 Å². The fourth-order valence-corrected chi connectivity index (χ4v) is 4.00. The lowest BCUT2D eigenvalue weighted by atomic mass is 9.68. The van der Waals surface area contributed by atoms with Gasteiger partial charge < -0.3 is 5.32 Å². The average molecular weight is 270 g/mol. The van der Waals surface area contributed by atoms with Crippen LogP contribution in [0.15, 0.2) is 36.7 Å². The van der Waals surface area contributed by atoms with Gasteiger partial charge in [-0.25, -0.2) is 0 Å². The van der Waals surface area contributed by atoms with E-state index in [1.165, 1.54) is 0 Å². The van der Waals surface area contributed by atoms with Gasteiger partial charge >= 0.3 is 0 Å². The number of carbonyl (C=O) groups excluding carboxylic acids is 1. The van der Waals surface area contributed by atoms with E-state index in [1.807, 2.05) is 12.1 Å². The molecule has 0 saturated heterocycles. The second-order valence-corrected chi connectivity index (χ2v) is 6.77. The summed E-state index contributed by atoms with van der Waals surface area (Å²) < 4.78 is 0. The summed E-state index contributed by atoms with van der Waals surface area (Å²) in [4.78, 5) is 16.8. The van der Waals surface area contributed by atoms with Crippen LogP contribution in [0.3, 0.4) is 0 Å². The summed E-state index contributed by atoms with van der Waals surface area (Å²) in [5, 5.41) is 3.09. The molecule has 3 rings (SSSR count). The molecule has 106 valence electrons. The summed E-state index contributed by atoms with van der Waals surface area (Å²) in [5.41, 5.74) is 1.94. The molecule has 1 aromatic heterocycles. The second-order valence-electron chi connectivity index (χ2n) is 6.77. The number of amides is 1. The van der Waals surface area contributed by atoms with Crippen LogP contribution in [0.4, 0.5) is 0 Å². The third-order valence-corrected chi connectivity index (χ3v) is 5.50. The molecule has 20 heavy (non-hydrogen) atoms. The molecule has 1 amide bonds. The van der Waals surface area contributed by atoms with Gasteiger partial charge in [-0.05, 0) is 42.2 Å². The van der Waals surface area contributed by atoms with Crippen molar-refractivity contribution in [2.24, 2.45) is 16.7 Å². The van der Waals surface area contributed by atoms with Crippen LogP contribution in [-0.4, -0.2) is 10.9 Å². The Morgan fingerprint density at radius 3 is 2.95 bits per heavy atom. The molecule has 0 aliphatic heterocycles. The van der Waals surface area contributed by atoms with Crippen LogP contribution in [0.2, 0.25) is 0 Å². The minimum Gasteiger partial charge on any atom is -0.351 e. The number of hydrogen-bond donors (Lipinski definition) is 1. The van der Waals surface area contributed by atoms with Crippen molar-refractivity contribution >= 4 is 5.91 Å². The van der Waals surface area contributed by atoms with Crippen molar-refractivity contribution in [3.05, 3.63) is 42.2 Å². The van der Waals surface area contributed by atoms with Crippen LogP contribution < -0.4 is 5.32 Å². The lowest BCUT2D eigenvalue weighted by Gasteiger charge is -2.37. The number of rotatable bonds is 3. The number of nitrogens with one attached hydrogen (secondary N) is 1. The molecule has 1 heterocycles. The van der Waals surface area contributed by atoms with Gasteiger partial charge in [0.25, 0.3) is 0 Å². The van der Waals surface area contributed by atoms with Gasteiger partial charge in [-0.15, -0.1) is 0 Å². The van der Waals surface area contributed by atoms with E-state index < -0.39 is 0 Å². The lowest BCUT2D eigenvalue weighted by molar-refractivity contribution is -0.128. The molecule has 2 aliphatic rings. The maximum Gasteiger partial charge on any atom is 0.230 e. The topological polar surface area (TPSA) is 42.0 Å². The molecule has 0 spiro atoms. The normalized spacial score (nSPS) is 30.5. The maximum absolute atomic E-state index is 12.7. The summed E-state index contributed by atoms with van der Waals surface area (Å²) in [6.07, 6.45) is 6.61. The highest BCUT2D eigenvalue weighted by Gasteiger charge is 2.60. The van der Waals surface area contributed by atoms with Gasteiger partial charge in [0.2, 0.25) is 5.91 Å². The second kappa shape index (κ2) is 4.44. The van der Waals surface area contributed by atoms with Crippen LogP contribution in [0, 0.1) is 16.7 Å². The first-order chi connectivity index (χ1) is 9.47. The standard InChI is InChI=1S/C17H22N2O/c1-12-16(2,3)14-6-7-17(12,9-14)15(20)19-11-13-5-4-8-18-10-13/h4-5,8,10,14H,1,6-7,9,11H2,2-3H3,(H,19,20)/t14-,17-/m0/s1. The maximum atomic E-state index is 12.7. The Kier molecular flexibility index (Phi) is 2.96. The van der Waals surface area contributed by atoms with Gasteiger partial charge in [-0.3, -0.25) is 9.78 Å². The SMILES string of the molecule is C=C1C(C)(C)[C@H]2CC[C@]1(C(=O)NCc1cccnc1)C2. The predicted molar refractivity (Wildman–Crippen MR) is 78.8 cm³/mol. The van der Waals surface area contributed by atoms with Crippen molar-refractivity contribution < 1.29 is 4.79 Å². The molecule has 3 nitrogen and oxygen atoms in total. The summed E-state index contributed by atoms with van der Waals surface area (Å²) in [6, 6.07) is 3.87. The van der Waals surface area contributed by atoms with E-state index >= 15 is 0 Å². The fourth-order valence-electron chi connectivity index (χ4n) is 4.00. The molecule has 2 aliphatic carbocycles. The number of aromatic nitrogens is 1. The number of hydrogen-bond acceptors (Lipinski definition) is 2. The van der Waals surface area contributed by atoms with Gasteiger partial charge in [0.05, 0.1) is 5.41 Å². The summed E-state index contributed by atoms with van der Waals surface area (Å²) in [6.45, 7) is 9.28. The van der Waals surface area contributed by atoms with E-state index in [0.717, 1.165) is 30.4 Å². The van der Waals surface area contributed by atoms with Gasteiger partial charge in [0, 0.05) is 18.9 Å². The van der Waals surface area contributed by atoms with Crippen LogP contribution in [-0.2, 0) is 11.3 Å². The molecule has 2 fully saturated rings. The number of fused-ring (bicyclic) bond motifs is 2. The fraction of sp³-hybridized carbons (Fsp3) is 0.529. The van der Waals surface area contributed by atoms with E-state index in [0.29, 0.717) is 12.5 Å². The first kappa shape index (κ1) is 13.3. The smallest absolute Gasteiger partial charge is 0.230 e.